The van der Waals surface area contributed by atoms with Gasteiger partial charge in [0.2, 0.25) is 0 Å². The monoisotopic (exact) mass is 163 g/mol. The molecule has 60 valence electrons. The first-order chi connectivity index (χ1) is 4.73. The zero-order valence-electron chi connectivity index (χ0n) is 6.12. The molecule has 0 amide bonds. The minimum atomic E-state index is -2.05. The van der Waals surface area contributed by atoms with Crippen molar-refractivity contribution in [1.82, 2.24) is 4.31 Å². The van der Waals surface area contributed by atoms with Crippen molar-refractivity contribution in [2.75, 3.05) is 26.0 Å². The Kier molecular flexibility index (Phi) is 2.28. The average molecular weight is 163 g/mol. The molecule has 10 heavy (non-hydrogen) atoms. The zero-order valence-corrected chi connectivity index (χ0v) is 6.93. The lowest BCUT2D eigenvalue weighted by molar-refractivity contribution is 0.483. The molecular weight excluding hydrogens is 150 g/mol. The summed E-state index contributed by atoms with van der Waals surface area (Å²) in [4.78, 5) is 0. The Bertz CT molecular complexity index is 219. The fourth-order valence-electron chi connectivity index (χ4n) is 1.12. The van der Waals surface area contributed by atoms with Crippen molar-refractivity contribution in [2.45, 2.75) is 6.42 Å². The van der Waals surface area contributed by atoms with Gasteiger partial charge in [0.05, 0.1) is 6.67 Å². The van der Waals surface area contributed by atoms with Gasteiger partial charge in [-0.25, -0.2) is 12.9 Å². The van der Waals surface area contributed by atoms with Gasteiger partial charge < -0.3 is 5.73 Å². The molecule has 1 heterocycles. The van der Waals surface area contributed by atoms with Gasteiger partial charge in [0.15, 0.2) is 0 Å². The third-order valence-electron chi connectivity index (χ3n) is 1.71. The number of nitrogens with zero attached hydrogens (tertiary/aromatic N) is 2. The summed E-state index contributed by atoms with van der Waals surface area (Å²) in [6, 6.07) is 0. The minimum Gasteiger partial charge on any atom is -0.318 e. The van der Waals surface area contributed by atoms with Crippen LogP contribution in [-0.2, 0) is 9.92 Å². The van der Waals surface area contributed by atoms with Gasteiger partial charge in [-0.15, -0.1) is 0 Å². The summed E-state index contributed by atoms with van der Waals surface area (Å²) in [5.74, 6) is 0.681. The molecule has 5 heteroatoms. The maximum absolute atomic E-state index is 11.6. The van der Waals surface area contributed by atoms with E-state index in [-0.39, 0.29) is 0 Å². The second kappa shape index (κ2) is 2.86. The first kappa shape index (κ1) is 7.97. The van der Waals surface area contributed by atoms with Crippen molar-refractivity contribution in [3.05, 3.63) is 0 Å². The largest absolute Gasteiger partial charge is 0.318 e. The van der Waals surface area contributed by atoms with E-state index in [1.54, 1.807) is 11.4 Å². The molecule has 0 aliphatic carbocycles. The van der Waals surface area contributed by atoms with Crippen LogP contribution >= 0.6 is 0 Å². The molecule has 0 radical (unpaired) electrons. The predicted molar refractivity (Wildman–Crippen MR) is 41.7 cm³/mol. The maximum atomic E-state index is 11.6. The van der Waals surface area contributed by atoms with Crippen LogP contribution < -0.4 is 5.73 Å². The maximum Gasteiger partial charge on any atom is 0.111 e. The van der Waals surface area contributed by atoms with E-state index < -0.39 is 9.92 Å². The second-order valence-electron chi connectivity index (χ2n) is 2.24. The van der Waals surface area contributed by atoms with Gasteiger partial charge in [-0.05, 0) is 6.42 Å². The molecule has 2 N–H and O–H groups in total. The zero-order chi connectivity index (χ0) is 7.61. The Labute approximate surface area is 61.7 Å². The number of hydrogen-bond acceptors (Lipinski definition) is 3. The standard InChI is InChI=1S/C5H13N3OS/c1-7-10(9)4-2-3-8(10)5-6/h2-6H2,1H3. The van der Waals surface area contributed by atoms with Crippen LogP contribution in [0.3, 0.4) is 0 Å². The minimum absolute atomic E-state index is 0.357. The Hall–Kier alpha value is -0.130. The fraction of sp³-hybridized carbons (Fsp3) is 1.00. The van der Waals surface area contributed by atoms with Crippen LogP contribution in [0.1, 0.15) is 6.42 Å². The highest BCUT2D eigenvalue weighted by atomic mass is 32.2. The van der Waals surface area contributed by atoms with Crippen LogP contribution in [0.25, 0.3) is 0 Å². The molecule has 1 aliphatic heterocycles. The Morgan fingerprint density at radius 1 is 1.80 bits per heavy atom. The lowest BCUT2D eigenvalue weighted by atomic mass is 10.5. The first-order valence-corrected chi connectivity index (χ1v) is 4.95. The number of rotatable bonds is 1. The van der Waals surface area contributed by atoms with Crippen molar-refractivity contribution in [3.63, 3.8) is 0 Å². The van der Waals surface area contributed by atoms with Crippen LogP contribution in [0.5, 0.6) is 0 Å². The van der Waals surface area contributed by atoms with E-state index in [1.807, 2.05) is 0 Å². The SMILES string of the molecule is CN=S1(=O)CCCN1CN. The summed E-state index contributed by atoms with van der Waals surface area (Å²) >= 11 is 0. The van der Waals surface area contributed by atoms with Crippen molar-refractivity contribution in [1.29, 1.82) is 0 Å². The van der Waals surface area contributed by atoms with Gasteiger partial charge in [-0.2, -0.15) is 0 Å². The van der Waals surface area contributed by atoms with E-state index >= 15 is 0 Å². The van der Waals surface area contributed by atoms with Crippen molar-refractivity contribution < 1.29 is 4.21 Å². The number of hydrogen-bond donors (Lipinski definition) is 1. The summed E-state index contributed by atoms with van der Waals surface area (Å²) in [5, 5.41) is 0. The van der Waals surface area contributed by atoms with Gasteiger partial charge >= 0.3 is 0 Å². The molecular formula is C5H13N3OS. The smallest absolute Gasteiger partial charge is 0.111 e. The van der Waals surface area contributed by atoms with Gasteiger partial charge in [-0.3, -0.25) is 0 Å². The van der Waals surface area contributed by atoms with E-state index in [2.05, 4.69) is 4.36 Å². The highest BCUT2D eigenvalue weighted by Gasteiger charge is 2.23. The van der Waals surface area contributed by atoms with Crippen molar-refractivity contribution in [2.24, 2.45) is 10.1 Å². The molecule has 1 aliphatic rings. The second-order valence-corrected chi connectivity index (χ2v) is 4.74. The Morgan fingerprint density at radius 2 is 2.50 bits per heavy atom. The van der Waals surface area contributed by atoms with Crippen LogP contribution in [0.2, 0.25) is 0 Å². The van der Waals surface area contributed by atoms with E-state index in [0.29, 0.717) is 12.4 Å². The lowest BCUT2D eigenvalue weighted by Gasteiger charge is -2.13. The summed E-state index contributed by atoms with van der Waals surface area (Å²) in [6.45, 7) is 1.18. The van der Waals surface area contributed by atoms with E-state index in [4.69, 9.17) is 5.73 Å². The quantitative estimate of drug-likeness (QED) is 0.573. The summed E-state index contributed by atoms with van der Waals surface area (Å²) < 4.78 is 17.2. The van der Waals surface area contributed by atoms with Crippen LogP contribution in [-0.4, -0.2) is 34.5 Å². The Balaban J connectivity index is 2.87. The van der Waals surface area contributed by atoms with E-state index in [0.717, 1.165) is 13.0 Å². The van der Waals surface area contributed by atoms with Crippen molar-refractivity contribution in [3.8, 4) is 0 Å². The molecule has 0 aromatic heterocycles. The van der Waals surface area contributed by atoms with Crippen LogP contribution in [0, 0.1) is 0 Å². The summed E-state index contributed by atoms with van der Waals surface area (Å²) in [5.41, 5.74) is 5.37. The van der Waals surface area contributed by atoms with E-state index in [1.165, 1.54) is 0 Å². The molecule has 0 spiro atoms. The first-order valence-electron chi connectivity index (χ1n) is 3.31. The van der Waals surface area contributed by atoms with Gasteiger partial charge in [0, 0.05) is 19.3 Å². The van der Waals surface area contributed by atoms with Crippen LogP contribution in [0.15, 0.2) is 4.36 Å². The third-order valence-corrected chi connectivity index (χ3v) is 4.24. The predicted octanol–water partition coefficient (Wildman–Crippen LogP) is -0.379. The molecule has 4 nitrogen and oxygen atoms in total. The molecule has 0 saturated carbocycles. The molecule has 1 atom stereocenters. The normalized spacial score (nSPS) is 34.6. The molecule has 0 aromatic rings. The third kappa shape index (κ3) is 1.16. The molecule has 1 unspecified atom stereocenters. The highest BCUT2D eigenvalue weighted by molar-refractivity contribution is 7.91. The fourth-order valence-corrected chi connectivity index (χ4v) is 2.94. The van der Waals surface area contributed by atoms with Gasteiger partial charge in [0.1, 0.15) is 9.92 Å². The summed E-state index contributed by atoms with van der Waals surface area (Å²) in [6.07, 6.45) is 0.952. The average Bonchev–Trinajstić information content (AvgIpc) is 2.32. The van der Waals surface area contributed by atoms with Gasteiger partial charge in [-0.1, -0.05) is 0 Å². The molecule has 0 bridgehead atoms. The van der Waals surface area contributed by atoms with Crippen molar-refractivity contribution >= 4 is 9.92 Å². The topological polar surface area (TPSA) is 58.7 Å². The molecule has 1 rings (SSSR count). The molecule has 1 fully saturated rings. The summed E-state index contributed by atoms with van der Waals surface area (Å²) in [7, 11) is -0.456. The Morgan fingerprint density at radius 3 is 2.90 bits per heavy atom. The number of nitrogens with two attached hydrogens (primary N) is 1. The van der Waals surface area contributed by atoms with Gasteiger partial charge in [0.25, 0.3) is 0 Å². The lowest BCUT2D eigenvalue weighted by Crippen LogP contribution is -2.31. The highest BCUT2D eigenvalue weighted by Crippen LogP contribution is 2.13. The molecule has 0 aromatic carbocycles. The molecule has 1 saturated heterocycles. The van der Waals surface area contributed by atoms with E-state index in [9.17, 15) is 4.21 Å². The van der Waals surface area contributed by atoms with Crippen LogP contribution in [0.4, 0.5) is 0 Å².